The summed E-state index contributed by atoms with van der Waals surface area (Å²) in [5.41, 5.74) is 9.12. The number of aryl methyl sites for hydroxylation is 2. The maximum absolute atomic E-state index is 13.0. The Bertz CT molecular complexity index is 874. The topological polar surface area (TPSA) is 74.3 Å². The van der Waals surface area contributed by atoms with Gasteiger partial charge in [0.1, 0.15) is 6.04 Å². The lowest BCUT2D eigenvalue weighted by atomic mass is 9.87. The van der Waals surface area contributed by atoms with Gasteiger partial charge < -0.3 is 10.5 Å². The number of nitrogen functional groups attached to an aromatic ring is 1. The first-order valence-corrected chi connectivity index (χ1v) is 9.30. The Kier molecular flexibility index (Phi) is 6.14. The normalized spacial score (nSPS) is 12.7. The Morgan fingerprint density at radius 2 is 1.78 bits per heavy atom. The van der Waals surface area contributed by atoms with Crippen molar-refractivity contribution >= 4 is 11.7 Å². The summed E-state index contributed by atoms with van der Waals surface area (Å²) in [5, 5.41) is 0. The monoisotopic (exact) mass is 370 g/mol. The number of hydrogen-bond donors (Lipinski definition) is 1. The molecule has 5 heteroatoms. The van der Waals surface area contributed by atoms with Gasteiger partial charge in [0.15, 0.2) is 0 Å². The van der Waals surface area contributed by atoms with Crippen LogP contribution in [0.3, 0.4) is 0 Å². The Hall–Kier alpha value is -2.56. The molecule has 0 fully saturated rings. The van der Waals surface area contributed by atoms with Crippen LogP contribution in [0.1, 0.15) is 51.3 Å². The minimum absolute atomic E-state index is 0.131. The van der Waals surface area contributed by atoms with Crippen LogP contribution in [0.2, 0.25) is 0 Å². The van der Waals surface area contributed by atoms with E-state index >= 15 is 0 Å². The van der Waals surface area contributed by atoms with Gasteiger partial charge in [0.2, 0.25) is 0 Å². The highest BCUT2D eigenvalue weighted by Crippen LogP contribution is 2.33. The first-order chi connectivity index (χ1) is 12.5. The number of esters is 1. The standard InChI is InChI=1S/C22H30N2O3/c1-7-27-21(26)18(13-22(4,5)6)24-19(15(3)12-17(23)20(24)25)16-10-8-14(2)9-11-16/h8-12,18H,7,13,23H2,1-6H3. The Morgan fingerprint density at radius 1 is 1.19 bits per heavy atom. The Balaban J connectivity index is 2.79. The number of nitrogens with zero attached hydrogens (tertiary/aromatic N) is 1. The molecule has 0 aliphatic heterocycles. The van der Waals surface area contributed by atoms with Gasteiger partial charge >= 0.3 is 5.97 Å². The average molecular weight is 370 g/mol. The largest absolute Gasteiger partial charge is 0.464 e. The third kappa shape index (κ3) is 4.79. The second kappa shape index (κ2) is 7.99. The lowest BCUT2D eigenvalue weighted by molar-refractivity contribution is -0.148. The zero-order chi connectivity index (χ0) is 20.4. The van der Waals surface area contributed by atoms with Crippen LogP contribution >= 0.6 is 0 Å². The molecule has 0 aliphatic rings. The van der Waals surface area contributed by atoms with E-state index in [1.807, 2.05) is 58.9 Å². The molecule has 0 bridgehead atoms. The fourth-order valence-electron chi connectivity index (χ4n) is 3.27. The predicted molar refractivity (Wildman–Crippen MR) is 110 cm³/mol. The second-order valence-corrected chi connectivity index (χ2v) is 8.21. The number of rotatable bonds is 5. The number of benzene rings is 1. The maximum atomic E-state index is 13.0. The highest BCUT2D eigenvalue weighted by atomic mass is 16.5. The minimum atomic E-state index is -0.740. The third-order valence-corrected chi connectivity index (χ3v) is 4.45. The number of carbonyl (C=O) groups is 1. The van der Waals surface area contributed by atoms with E-state index in [9.17, 15) is 9.59 Å². The maximum Gasteiger partial charge on any atom is 0.329 e. The van der Waals surface area contributed by atoms with E-state index in [2.05, 4.69) is 0 Å². The van der Waals surface area contributed by atoms with Crippen molar-refractivity contribution in [3.8, 4) is 11.3 Å². The van der Waals surface area contributed by atoms with Crippen LogP contribution in [0.25, 0.3) is 11.3 Å². The number of nitrogens with two attached hydrogens (primary N) is 1. The van der Waals surface area contributed by atoms with Gasteiger partial charge in [0, 0.05) is 0 Å². The van der Waals surface area contributed by atoms with Crippen molar-refractivity contribution in [1.29, 1.82) is 0 Å². The van der Waals surface area contributed by atoms with E-state index in [0.717, 1.165) is 16.7 Å². The first-order valence-electron chi connectivity index (χ1n) is 9.30. The van der Waals surface area contributed by atoms with Crippen LogP contribution in [-0.4, -0.2) is 17.1 Å². The predicted octanol–water partition coefficient (Wildman–Crippen LogP) is 4.25. The summed E-state index contributed by atoms with van der Waals surface area (Å²) in [6, 6.07) is 8.84. The van der Waals surface area contributed by atoms with E-state index in [0.29, 0.717) is 12.1 Å². The lowest BCUT2D eigenvalue weighted by Gasteiger charge is -2.29. The molecule has 27 heavy (non-hydrogen) atoms. The smallest absolute Gasteiger partial charge is 0.329 e. The highest BCUT2D eigenvalue weighted by molar-refractivity contribution is 5.77. The summed E-state index contributed by atoms with van der Waals surface area (Å²) in [4.78, 5) is 25.9. The molecule has 0 saturated heterocycles. The van der Waals surface area contributed by atoms with Crippen molar-refractivity contribution in [2.75, 3.05) is 12.3 Å². The molecule has 1 atom stereocenters. The molecular formula is C22H30N2O3. The minimum Gasteiger partial charge on any atom is -0.464 e. The zero-order valence-corrected chi connectivity index (χ0v) is 17.1. The molecule has 5 nitrogen and oxygen atoms in total. The summed E-state index contributed by atoms with van der Waals surface area (Å²) in [6.45, 7) is 12.0. The van der Waals surface area contributed by atoms with Crippen LogP contribution in [0.15, 0.2) is 35.1 Å². The van der Waals surface area contributed by atoms with Gasteiger partial charge in [-0.1, -0.05) is 50.6 Å². The number of hydrogen-bond acceptors (Lipinski definition) is 4. The van der Waals surface area contributed by atoms with Crippen LogP contribution in [0.4, 0.5) is 5.69 Å². The van der Waals surface area contributed by atoms with Crippen LogP contribution in [-0.2, 0) is 9.53 Å². The molecular weight excluding hydrogens is 340 g/mol. The van der Waals surface area contributed by atoms with Crippen molar-refractivity contribution in [2.24, 2.45) is 5.41 Å². The van der Waals surface area contributed by atoms with Crippen LogP contribution < -0.4 is 11.3 Å². The lowest BCUT2D eigenvalue weighted by Crippen LogP contribution is -2.36. The van der Waals surface area contributed by atoms with Crippen molar-refractivity contribution in [3.63, 3.8) is 0 Å². The summed E-state index contributed by atoms with van der Waals surface area (Å²) in [5.74, 6) is -0.409. The fraction of sp³-hybridized carbons (Fsp3) is 0.455. The molecule has 2 N–H and O–H groups in total. The highest BCUT2D eigenvalue weighted by Gasteiger charge is 2.31. The molecule has 1 aromatic carbocycles. The van der Waals surface area contributed by atoms with Gasteiger partial charge in [-0.2, -0.15) is 0 Å². The molecule has 1 heterocycles. The van der Waals surface area contributed by atoms with E-state index in [1.54, 1.807) is 13.0 Å². The van der Waals surface area contributed by atoms with E-state index in [4.69, 9.17) is 10.5 Å². The molecule has 0 aliphatic carbocycles. The number of carbonyl (C=O) groups excluding carboxylic acids is 1. The molecule has 0 spiro atoms. The molecule has 146 valence electrons. The second-order valence-electron chi connectivity index (χ2n) is 8.21. The van der Waals surface area contributed by atoms with Crippen molar-refractivity contribution in [1.82, 2.24) is 4.57 Å². The molecule has 2 aromatic rings. The van der Waals surface area contributed by atoms with Gasteiger partial charge in [0.05, 0.1) is 18.0 Å². The summed E-state index contributed by atoms with van der Waals surface area (Å²) < 4.78 is 6.84. The number of anilines is 1. The van der Waals surface area contributed by atoms with Gasteiger partial charge in [-0.15, -0.1) is 0 Å². The van der Waals surface area contributed by atoms with E-state index in [1.165, 1.54) is 4.57 Å². The van der Waals surface area contributed by atoms with E-state index < -0.39 is 12.0 Å². The molecule has 0 saturated carbocycles. The number of aromatic nitrogens is 1. The van der Waals surface area contributed by atoms with Crippen molar-refractivity contribution in [3.05, 3.63) is 51.8 Å². The molecule has 0 radical (unpaired) electrons. The average Bonchev–Trinajstić information content (AvgIpc) is 2.56. The van der Waals surface area contributed by atoms with Crippen molar-refractivity contribution in [2.45, 2.75) is 54.0 Å². The SMILES string of the molecule is CCOC(=O)C(CC(C)(C)C)n1c(-c2ccc(C)cc2)c(C)cc(N)c1=O. The zero-order valence-electron chi connectivity index (χ0n) is 17.1. The quantitative estimate of drug-likeness (QED) is 0.798. The third-order valence-electron chi connectivity index (χ3n) is 4.45. The Morgan fingerprint density at radius 3 is 2.30 bits per heavy atom. The van der Waals surface area contributed by atoms with E-state index in [-0.39, 0.29) is 23.3 Å². The fourth-order valence-corrected chi connectivity index (χ4v) is 3.27. The van der Waals surface area contributed by atoms with Gasteiger partial charge in [-0.05, 0) is 49.8 Å². The van der Waals surface area contributed by atoms with Gasteiger partial charge in [-0.25, -0.2) is 4.79 Å². The molecule has 2 rings (SSSR count). The van der Waals surface area contributed by atoms with Crippen molar-refractivity contribution < 1.29 is 9.53 Å². The Labute approximate surface area is 161 Å². The summed E-state index contributed by atoms with van der Waals surface area (Å²) >= 11 is 0. The summed E-state index contributed by atoms with van der Waals surface area (Å²) in [7, 11) is 0. The molecule has 1 unspecified atom stereocenters. The summed E-state index contributed by atoms with van der Waals surface area (Å²) in [6.07, 6.45) is 0.466. The van der Waals surface area contributed by atoms with Crippen LogP contribution in [0, 0.1) is 19.3 Å². The molecule has 0 amide bonds. The van der Waals surface area contributed by atoms with Gasteiger partial charge in [-0.3, -0.25) is 9.36 Å². The van der Waals surface area contributed by atoms with Crippen LogP contribution in [0.5, 0.6) is 0 Å². The van der Waals surface area contributed by atoms with Gasteiger partial charge in [0.25, 0.3) is 5.56 Å². The molecule has 1 aromatic heterocycles. The first kappa shape index (κ1) is 20.7. The number of pyridine rings is 1. The number of ether oxygens (including phenoxy) is 1.